The summed E-state index contributed by atoms with van der Waals surface area (Å²) in [5, 5.41) is 0. The van der Waals surface area contributed by atoms with E-state index < -0.39 is 0 Å². The summed E-state index contributed by atoms with van der Waals surface area (Å²) in [6.45, 7) is 1.65. The van der Waals surface area contributed by atoms with Crippen molar-refractivity contribution in [2.45, 2.75) is 17.4 Å². The van der Waals surface area contributed by atoms with E-state index in [1.54, 1.807) is 11.8 Å². The maximum atomic E-state index is 6.00. The number of likely N-dealkylation sites (N-methyl/N-ethyl adjacent to an activating group) is 1. The van der Waals surface area contributed by atoms with Gasteiger partial charge in [-0.1, -0.05) is 42.5 Å². The summed E-state index contributed by atoms with van der Waals surface area (Å²) in [5.41, 5.74) is 8.67. The van der Waals surface area contributed by atoms with Crippen molar-refractivity contribution in [2.24, 2.45) is 5.73 Å². The third-order valence-corrected chi connectivity index (χ3v) is 4.60. The Labute approximate surface area is 132 Å². The van der Waals surface area contributed by atoms with Gasteiger partial charge in [0.15, 0.2) is 0 Å². The Bertz CT molecular complexity index is 525. The van der Waals surface area contributed by atoms with Crippen LogP contribution in [0.5, 0.6) is 0 Å². The Morgan fingerprint density at radius 1 is 1.05 bits per heavy atom. The molecule has 0 saturated heterocycles. The monoisotopic (exact) mass is 300 g/mol. The van der Waals surface area contributed by atoms with Crippen molar-refractivity contribution in [3.05, 3.63) is 65.7 Å². The molecule has 0 amide bonds. The largest absolute Gasteiger partial charge is 0.329 e. The average molecular weight is 300 g/mol. The number of nitrogens with zero attached hydrogens (tertiary/aromatic N) is 1. The van der Waals surface area contributed by atoms with E-state index in [9.17, 15) is 0 Å². The second-order valence-corrected chi connectivity index (χ2v) is 6.12. The van der Waals surface area contributed by atoms with Crippen LogP contribution in [0, 0.1) is 0 Å². The molecule has 0 fully saturated rings. The van der Waals surface area contributed by atoms with E-state index in [-0.39, 0.29) is 6.04 Å². The lowest BCUT2D eigenvalue weighted by Gasteiger charge is -2.27. The highest BCUT2D eigenvalue weighted by atomic mass is 32.2. The van der Waals surface area contributed by atoms with Gasteiger partial charge in [0, 0.05) is 24.0 Å². The standard InChI is InChI=1S/C18H24N2S/c1-20(13-12-15-6-4-3-5-7-15)18(14-19)16-8-10-17(21-2)11-9-16/h3-11,18H,12-14,19H2,1-2H3. The molecule has 2 aromatic rings. The van der Waals surface area contributed by atoms with Gasteiger partial charge in [-0.25, -0.2) is 0 Å². The molecule has 0 aromatic heterocycles. The molecule has 0 radical (unpaired) electrons. The van der Waals surface area contributed by atoms with Crippen LogP contribution in [-0.4, -0.2) is 31.3 Å². The van der Waals surface area contributed by atoms with Gasteiger partial charge in [-0.15, -0.1) is 11.8 Å². The van der Waals surface area contributed by atoms with E-state index in [1.807, 2.05) is 0 Å². The second-order valence-electron chi connectivity index (χ2n) is 5.24. The van der Waals surface area contributed by atoms with Crippen molar-refractivity contribution >= 4 is 11.8 Å². The molecule has 0 aliphatic carbocycles. The molecule has 0 aliphatic heterocycles. The number of nitrogens with two attached hydrogens (primary N) is 1. The molecule has 3 heteroatoms. The first-order valence-corrected chi connectivity index (χ1v) is 8.55. The highest BCUT2D eigenvalue weighted by Gasteiger charge is 2.15. The first-order valence-electron chi connectivity index (χ1n) is 7.32. The summed E-state index contributed by atoms with van der Waals surface area (Å²) in [4.78, 5) is 3.64. The van der Waals surface area contributed by atoms with Crippen LogP contribution in [0.15, 0.2) is 59.5 Å². The third-order valence-electron chi connectivity index (χ3n) is 3.85. The van der Waals surface area contributed by atoms with E-state index >= 15 is 0 Å². The summed E-state index contributed by atoms with van der Waals surface area (Å²) in [6, 6.07) is 19.6. The molecule has 2 N–H and O–H groups in total. The Morgan fingerprint density at radius 3 is 2.29 bits per heavy atom. The molecule has 2 rings (SSSR count). The SMILES string of the molecule is CSc1ccc(C(CN)N(C)CCc2ccccc2)cc1. The van der Waals surface area contributed by atoms with Gasteiger partial charge in [-0.05, 0) is 43.0 Å². The minimum Gasteiger partial charge on any atom is -0.329 e. The molecule has 0 bridgehead atoms. The molecular weight excluding hydrogens is 276 g/mol. The summed E-state index contributed by atoms with van der Waals surface area (Å²) >= 11 is 1.77. The summed E-state index contributed by atoms with van der Waals surface area (Å²) in [7, 11) is 2.16. The van der Waals surface area contributed by atoms with E-state index in [0.717, 1.165) is 13.0 Å². The molecule has 112 valence electrons. The minimum absolute atomic E-state index is 0.282. The fraction of sp³-hybridized carbons (Fsp3) is 0.333. The number of benzene rings is 2. The quantitative estimate of drug-likeness (QED) is 0.793. The first kappa shape index (κ1) is 16.1. The van der Waals surface area contributed by atoms with Crippen molar-refractivity contribution in [2.75, 3.05) is 26.4 Å². The Hall–Kier alpha value is -1.29. The highest BCUT2D eigenvalue weighted by molar-refractivity contribution is 7.98. The Balaban J connectivity index is 1.98. The molecule has 0 aliphatic rings. The molecule has 2 aromatic carbocycles. The van der Waals surface area contributed by atoms with E-state index in [2.05, 4.69) is 72.8 Å². The lowest BCUT2D eigenvalue weighted by Crippen LogP contribution is -2.32. The van der Waals surface area contributed by atoms with Gasteiger partial charge in [0.25, 0.3) is 0 Å². The zero-order chi connectivity index (χ0) is 15.1. The number of hydrogen-bond acceptors (Lipinski definition) is 3. The Morgan fingerprint density at radius 2 is 1.71 bits per heavy atom. The van der Waals surface area contributed by atoms with Crippen molar-refractivity contribution in [1.82, 2.24) is 4.90 Å². The molecule has 0 saturated carbocycles. The zero-order valence-corrected chi connectivity index (χ0v) is 13.6. The molecule has 21 heavy (non-hydrogen) atoms. The molecule has 1 atom stereocenters. The van der Waals surface area contributed by atoms with E-state index in [1.165, 1.54) is 16.0 Å². The number of hydrogen-bond donors (Lipinski definition) is 1. The first-order chi connectivity index (χ1) is 10.2. The van der Waals surface area contributed by atoms with Crippen LogP contribution in [0.3, 0.4) is 0 Å². The fourth-order valence-corrected chi connectivity index (χ4v) is 2.91. The van der Waals surface area contributed by atoms with Crippen LogP contribution >= 0.6 is 11.8 Å². The van der Waals surface area contributed by atoms with Crippen LogP contribution in [0.2, 0.25) is 0 Å². The van der Waals surface area contributed by atoms with Crippen molar-refractivity contribution in [1.29, 1.82) is 0 Å². The minimum atomic E-state index is 0.282. The van der Waals surface area contributed by atoms with Crippen molar-refractivity contribution in [3.63, 3.8) is 0 Å². The lowest BCUT2D eigenvalue weighted by atomic mass is 10.0. The summed E-state index contributed by atoms with van der Waals surface area (Å²) < 4.78 is 0. The van der Waals surface area contributed by atoms with E-state index in [4.69, 9.17) is 5.73 Å². The van der Waals surface area contributed by atoms with Gasteiger partial charge in [0.1, 0.15) is 0 Å². The van der Waals surface area contributed by atoms with Gasteiger partial charge >= 0.3 is 0 Å². The highest BCUT2D eigenvalue weighted by Crippen LogP contribution is 2.22. The van der Waals surface area contributed by atoms with Gasteiger partial charge in [-0.2, -0.15) is 0 Å². The van der Waals surface area contributed by atoms with Crippen LogP contribution in [0.1, 0.15) is 17.2 Å². The van der Waals surface area contributed by atoms with Gasteiger partial charge < -0.3 is 5.73 Å². The molecule has 1 unspecified atom stereocenters. The summed E-state index contributed by atoms with van der Waals surface area (Å²) in [5.74, 6) is 0. The maximum Gasteiger partial charge on any atom is 0.0467 e. The van der Waals surface area contributed by atoms with Crippen LogP contribution < -0.4 is 5.73 Å². The van der Waals surface area contributed by atoms with Crippen molar-refractivity contribution in [3.8, 4) is 0 Å². The summed E-state index contributed by atoms with van der Waals surface area (Å²) in [6.07, 6.45) is 3.15. The predicted molar refractivity (Wildman–Crippen MR) is 92.8 cm³/mol. The van der Waals surface area contributed by atoms with Crippen molar-refractivity contribution < 1.29 is 0 Å². The lowest BCUT2D eigenvalue weighted by molar-refractivity contribution is 0.253. The second kappa shape index (κ2) is 8.23. The molecule has 0 spiro atoms. The number of rotatable bonds is 7. The molecule has 2 nitrogen and oxygen atoms in total. The zero-order valence-electron chi connectivity index (χ0n) is 12.8. The van der Waals surface area contributed by atoms with Crippen LogP contribution in [-0.2, 0) is 6.42 Å². The topological polar surface area (TPSA) is 29.3 Å². The molecule has 0 heterocycles. The number of thioether (sulfide) groups is 1. The van der Waals surface area contributed by atoms with Crippen LogP contribution in [0.4, 0.5) is 0 Å². The fourth-order valence-electron chi connectivity index (χ4n) is 2.50. The average Bonchev–Trinajstić information content (AvgIpc) is 2.55. The smallest absolute Gasteiger partial charge is 0.0467 e. The maximum absolute atomic E-state index is 6.00. The van der Waals surface area contributed by atoms with Gasteiger partial charge in [0.2, 0.25) is 0 Å². The Kier molecular flexibility index (Phi) is 6.30. The molecular formula is C18H24N2S. The van der Waals surface area contributed by atoms with Gasteiger partial charge in [0.05, 0.1) is 0 Å². The predicted octanol–water partition coefficient (Wildman–Crippen LogP) is 3.58. The third kappa shape index (κ3) is 4.60. The van der Waals surface area contributed by atoms with Gasteiger partial charge in [-0.3, -0.25) is 4.90 Å². The van der Waals surface area contributed by atoms with Crippen LogP contribution in [0.25, 0.3) is 0 Å². The van der Waals surface area contributed by atoms with E-state index in [0.29, 0.717) is 6.54 Å². The normalized spacial score (nSPS) is 12.6.